The van der Waals surface area contributed by atoms with E-state index in [2.05, 4.69) is 132 Å². The molecular weight excluding hydrogens is 412 g/mol. The second kappa shape index (κ2) is 8.76. The summed E-state index contributed by atoms with van der Waals surface area (Å²) in [6, 6.07) is 49.2. The van der Waals surface area contributed by atoms with Gasteiger partial charge in [-0.3, -0.25) is 0 Å². The van der Waals surface area contributed by atoms with Gasteiger partial charge in [-0.25, -0.2) is 0 Å². The fourth-order valence-electron chi connectivity index (χ4n) is 4.46. The van der Waals surface area contributed by atoms with Crippen LogP contribution < -0.4 is 10.2 Å². The van der Waals surface area contributed by atoms with E-state index in [1.54, 1.807) is 0 Å². The summed E-state index contributed by atoms with van der Waals surface area (Å²) in [5, 5.41) is 8.42. The molecule has 0 saturated carbocycles. The number of anilines is 5. The third-order valence-corrected chi connectivity index (χ3v) is 6.17. The van der Waals surface area contributed by atoms with Crippen molar-refractivity contribution in [2.24, 2.45) is 0 Å². The summed E-state index contributed by atoms with van der Waals surface area (Å²) in [5.41, 5.74) is 5.53. The minimum absolute atomic E-state index is 1.06. The lowest BCUT2D eigenvalue weighted by Gasteiger charge is -2.26. The Bertz CT molecular complexity index is 1490. The molecular formula is C32H24N2. The second-order valence-corrected chi connectivity index (χ2v) is 8.44. The number of nitrogens with zero attached hydrogens (tertiary/aromatic N) is 1. The van der Waals surface area contributed by atoms with E-state index < -0.39 is 0 Å². The van der Waals surface area contributed by atoms with E-state index >= 15 is 0 Å². The Balaban J connectivity index is 1.44. The van der Waals surface area contributed by atoms with Crippen LogP contribution in [0, 0.1) is 0 Å². The lowest BCUT2D eigenvalue weighted by molar-refractivity contribution is 1.29. The summed E-state index contributed by atoms with van der Waals surface area (Å²) in [5.74, 6) is 0. The van der Waals surface area contributed by atoms with Gasteiger partial charge in [-0.2, -0.15) is 0 Å². The van der Waals surface area contributed by atoms with Gasteiger partial charge in [0.15, 0.2) is 0 Å². The quantitative estimate of drug-likeness (QED) is 0.290. The maximum atomic E-state index is 3.48. The molecule has 0 unspecified atom stereocenters. The van der Waals surface area contributed by atoms with Crippen LogP contribution in [0.4, 0.5) is 28.4 Å². The highest BCUT2D eigenvalue weighted by Crippen LogP contribution is 2.38. The highest BCUT2D eigenvalue weighted by molar-refractivity contribution is 5.92. The van der Waals surface area contributed by atoms with Gasteiger partial charge < -0.3 is 10.2 Å². The lowest BCUT2D eigenvalue weighted by Crippen LogP contribution is -2.10. The number of rotatable bonds is 5. The number of hydrogen-bond acceptors (Lipinski definition) is 2. The Labute approximate surface area is 199 Å². The monoisotopic (exact) mass is 436 g/mol. The first-order valence-corrected chi connectivity index (χ1v) is 11.5. The molecule has 6 rings (SSSR count). The van der Waals surface area contributed by atoms with Crippen LogP contribution in [0.15, 0.2) is 140 Å². The van der Waals surface area contributed by atoms with E-state index in [0.29, 0.717) is 0 Å². The molecule has 0 bridgehead atoms. The third kappa shape index (κ3) is 3.98. The zero-order valence-corrected chi connectivity index (χ0v) is 18.7. The normalized spacial score (nSPS) is 10.9. The van der Waals surface area contributed by atoms with Crippen molar-refractivity contribution in [1.82, 2.24) is 0 Å². The van der Waals surface area contributed by atoms with Gasteiger partial charge in [-0.1, -0.05) is 78.9 Å². The van der Waals surface area contributed by atoms with Crippen molar-refractivity contribution < 1.29 is 0 Å². The Morgan fingerprint density at radius 2 is 0.794 bits per heavy atom. The van der Waals surface area contributed by atoms with E-state index in [-0.39, 0.29) is 0 Å². The molecule has 2 heteroatoms. The molecule has 6 aromatic rings. The minimum atomic E-state index is 1.06. The predicted molar refractivity (Wildman–Crippen MR) is 146 cm³/mol. The van der Waals surface area contributed by atoms with Gasteiger partial charge in [0.1, 0.15) is 0 Å². The van der Waals surface area contributed by atoms with Crippen LogP contribution >= 0.6 is 0 Å². The zero-order chi connectivity index (χ0) is 22.7. The Morgan fingerprint density at radius 3 is 1.35 bits per heavy atom. The molecule has 34 heavy (non-hydrogen) atoms. The molecule has 0 aliphatic rings. The fourth-order valence-corrected chi connectivity index (χ4v) is 4.46. The lowest BCUT2D eigenvalue weighted by atomic mass is 10.1. The number of fused-ring (bicyclic) bond motifs is 2. The molecule has 6 aromatic carbocycles. The van der Waals surface area contributed by atoms with Crippen LogP contribution in [-0.2, 0) is 0 Å². The van der Waals surface area contributed by atoms with E-state index in [1.165, 1.54) is 21.5 Å². The third-order valence-electron chi connectivity index (χ3n) is 6.17. The standard InChI is InChI=1S/C32H24N2/c1-2-12-28(13-3-1)33-29-16-20-30(21-17-29)34(31-18-14-24-8-4-6-10-26(24)22-31)32-19-15-25-9-5-7-11-27(25)23-32/h1-23,33H. The largest absolute Gasteiger partial charge is 0.356 e. The Morgan fingerprint density at radius 1 is 0.353 bits per heavy atom. The van der Waals surface area contributed by atoms with Crippen molar-refractivity contribution in [1.29, 1.82) is 0 Å². The molecule has 0 amide bonds. The summed E-state index contributed by atoms with van der Waals surface area (Å²) < 4.78 is 0. The maximum absolute atomic E-state index is 3.48. The highest BCUT2D eigenvalue weighted by atomic mass is 15.1. The van der Waals surface area contributed by atoms with Crippen molar-refractivity contribution in [2.45, 2.75) is 0 Å². The van der Waals surface area contributed by atoms with Gasteiger partial charge in [0.25, 0.3) is 0 Å². The molecule has 2 nitrogen and oxygen atoms in total. The van der Waals surface area contributed by atoms with Gasteiger partial charge in [0.2, 0.25) is 0 Å². The molecule has 0 fully saturated rings. The van der Waals surface area contributed by atoms with E-state index in [0.717, 1.165) is 28.4 Å². The average Bonchev–Trinajstić information content (AvgIpc) is 2.90. The number of hydrogen-bond donors (Lipinski definition) is 1. The van der Waals surface area contributed by atoms with Crippen molar-refractivity contribution in [3.63, 3.8) is 0 Å². The summed E-state index contributed by atoms with van der Waals surface area (Å²) in [6.45, 7) is 0. The molecule has 0 aliphatic heterocycles. The van der Waals surface area contributed by atoms with Gasteiger partial charge >= 0.3 is 0 Å². The smallest absolute Gasteiger partial charge is 0.0468 e. The molecule has 0 aromatic heterocycles. The Hall–Kier alpha value is -4.56. The molecule has 0 atom stereocenters. The van der Waals surface area contributed by atoms with Crippen LogP contribution in [-0.4, -0.2) is 0 Å². The molecule has 0 saturated heterocycles. The van der Waals surface area contributed by atoms with E-state index in [4.69, 9.17) is 0 Å². The predicted octanol–water partition coefficient (Wildman–Crippen LogP) is 9.21. The van der Waals surface area contributed by atoms with Crippen molar-refractivity contribution in [3.05, 3.63) is 140 Å². The molecule has 0 heterocycles. The summed E-state index contributed by atoms with van der Waals surface area (Å²) in [7, 11) is 0. The first kappa shape index (κ1) is 20.1. The van der Waals surface area contributed by atoms with Gasteiger partial charge in [-0.05, 0) is 82.2 Å². The zero-order valence-electron chi connectivity index (χ0n) is 18.7. The van der Waals surface area contributed by atoms with Crippen molar-refractivity contribution in [3.8, 4) is 0 Å². The first-order chi connectivity index (χ1) is 16.8. The SMILES string of the molecule is c1ccc(Nc2ccc(N(c3ccc4ccccc4c3)c3ccc4ccccc4c3)cc2)cc1. The minimum Gasteiger partial charge on any atom is -0.356 e. The van der Waals surface area contributed by atoms with Crippen molar-refractivity contribution in [2.75, 3.05) is 10.2 Å². The fraction of sp³-hybridized carbons (Fsp3) is 0. The van der Waals surface area contributed by atoms with Gasteiger partial charge in [0.05, 0.1) is 0 Å². The number of nitrogens with one attached hydrogen (secondary N) is 1. The first-order valence-electron chi connectivity index (χ1n) is 11.5. The summed E-state index contributed by atoms with van der Waals surface area (Å²) >= 11 is 0. The molecule has 0 radical (unpaired) electrons. The number of para-hydroxylation sites is 1. The summed E-state index contributed by atoms with van der Waals surface area (Å²) in [6.07, 6.45) is 0. The van der Waals surface area contributed by atoms with Crippen LogP contribution in [0.1, 0.15) is 0 Å². The Kier molecular flexibility index (Phi) is 5.17. The maximum Gasteiger partial charge on any atom is 0.0468 e. The van der Waals surface area contributed by atoms with Crippen molar-refractivity contribution >= 4 is 50.0 Å². The van der Waals surface area contributed by atoms with Gasteiger partial charge in [-0.15, -0.1) is 0 Å². The molecule has 162 valence electrons. The van der Waals surface area contributed by atoms with Gasteiger partial charge in [0, 0.05) is 28.4 Å². The van der Waals surface area contributed by atoms with Crippen LogP contribution in [0.3, 0.4) is 0 Å². The van der Waals surface area contributed by atoms with E-state index in [9.17, 15) is 0 Å². The molecule has 0 spiro atoms. The second-order valence-electron chi connectivity index (χ2n) is 8.44. The average molecular weight is 437 g/mol. The number of benzene rings is 6. The molecule has 0 aliphatic carbocycles. The van der Waals surface area contributed by atoms with E-state index in [1.807, 2.05) is 18.2 Å². The van der Waals surface area contributed by atoms with Crippen LogP contribution in [0.25, 0.3) is 21.5 Å². The topological polar surface area (TPSA) is 15.3 Å². The summed E-state index contributed by atoms with van der Waals surface area (Å²) in [4.78, 5) is 2.32. The van der Waals surface area contributed by atoms with Crippen LogP contribution in [0.5, 0.6) is 0 Å². The van der Waals surface area contributed by atoms with Crippen LogP contribution in [0.2, 0.25) is 0 Å². The molecule has 1 N–H and O–H groups in total. The highest BCUT2D eigenvalue weighted by Gasteiger charge is 2.14.